The van der Waals surface area contributed by atoms with Crippen LogP contribution in [0.5, 0.6) is 0 Å². The van der Waals surface area contributed by atoms with Gasteiger partial charge < -0.3 is 14.5 Å². The molecule has 10 nitrogen and oxygen atoms in total. The summed E-state index contributed by atoms with van der Waals surface area (Å²) in [6, 6.07) is 10.6. The molecule has 3 rings (SSSR count). The van der Waals surface area contributed by atoms with Crippen LogP contribution in [-0.4, -0.2) is 44.4 Å². The van der Waals surface area contributed by atoms with Gasteiger partial charge in [0.2, 0.25) is 0 Å². The van der Waals surface area contributed by atoms with Crippen LogP contribution < -0.4 is 5.32 Å². The zero-order valence-electron chi connectivity index (χ0n) is 19.5. The number of hydrogen-bond acceptors (Lipinski definition) is 9. The fourth-order valence-corrected chi connectivity index (χ4v) is 3.88. The Hall–Kier alpha value is -3.59. The molecule has 1 aromatic carbocycles. The van der Waals surface area contributed by atoms with Gasteiger partial charge in [-0.1, -0.05) is 43.7 Å². The van der Waals surface area contributed by atoms with E-state index in [0.29, 0.717) is 47.7 Å². The summed E-state index contributed by atoms with van der Waals surface area (Å²) in [6.07, 6.45) is 5.07. The first-order chi connectivity index (χ1) is 16.9. The normalized spacial score (nSPS) is 13.1. The zero-order valence-corrected chi connectivity index (χ0v) is 20.3. The topological polar surface area (TPSA) is 125 Å². The number of aromatic nitrogens is 2. The van der Waals surface area contributed by atoms with E-state index in [-0.39, 0.29) is 18.3 Å². The van der Waals surface area contributed by atoms with Gasteiger partial charge in [-0.25, -0.2) is 14.2 Å². The van der Waals surface area contributed by atoms with Gasteiger partial charge in [0, 0.05) is 31.0 Å². The molecular formula is C24H27N4O6S+. The van der Waals surface area contributed by atoms with Crippen molar-refractivity contribution in [1.82, 2.24) is 9.97 Å². The molecule has 0 amide bonds. The van der Waals surface area contributed by atoms with Crippen LogP contribution in [0.3, 0.4) is 0 Å². The highest BCUT2D eigenvalue weighted by molar-refractivity contribution is 7.88. The first-order valence-corrected chi connectivity index (χ1v) is 12.3. The van der Waals surface area contributed by atoms with Crippen molar-refractivity contribution in [3.8, 4) is 6.57 Å². The number of ketones is 1. The first kappa shape index (κ1) is 26.0. The fourth-order valence-electron chi connectivity index (χ4n) is 3.45. The highest BCUT2D eigenvalue weighted by Gasteiger charge is 2.25. The number of benzene rings is 1. The quantitative estimate of drug-likeness (QED) is 0.346. The maximum Gasteiger partial charge on any atom is 0.629 e. The lowest BCUT2D eigenvalue weighted by atomic mass is 10.0. The second-order valence-electron chi connectivity index (χ2n) is 7.68. The molecule has 0 bridgehead atoms. The van der Waals surface area contributed by atoms with Crippen LogP contribution in [0.1, 0.15) is 53.1 Å². The Morgan fingerprint density at radius 3 is 2.71 bits per heavy atom. The summed E-state index contributed by atoms with van der Waals surface area (Å²) in [6.45, 7) is 7.20. The summed E-state index contributed by atoms with van der Waals surface area (Å²) in [7, 11) is -2.54. The maximum absolute atomic E-state index is 12.7. The molecule has 0 aliphatic heterocycles. The van der Waals surface area contributed by atoms with E-state index in [2.05, 4.69) is 19.5 Å². The van der Waals surface area contributed by atoms with Gasteiger partial charge in [-0.15, -0.1) is 8.42 Å². The summed E-state index contributed by atoms with van der Waals surface area (Å²) in [5.41, 5.74) is 1.59. The van der Waals surface area contributed by atoms with Crippen LogP contribution in [0.25, 0.3) is 4.25 Å². The Balaban J connectivity index is 1.70. The molecule has 0 saturated carbocycles. The number of nitrogens with one attached hydrogen (secondary N) is 1. The number of hydrogen-bond donors (Lipinski definition) is 1. The SMILES string of the molecule is C#[N+]S(=O)(=O)OCC(CC)CCNc1ncncc1C(OC)c1cc(C(=O)c2ccccc2)co1. The molecule has 35 heavy (non-hydrogen) atoms. The molecule has 184 valence electrons. The predicted octanol–water partition coefficient (Wildman–Crippen LogP) is 4.09. The molecule has 0 fully saturated rings. The van der Waals surface area contributed by atoms with Gasteiger partial charge in [-0.3, -0.25) is 4.79 Å². The zero-order chi connectivity index (χ0) is 25.3. The molecular weight excluding hydrogens is 472 g/mol. The molecule has 0 aliphatic rings. The summed E-state index contributed by atoms with van der Waals surface area (Å²) in [5.74, 6) is 0.759. The number of nitrogens with zero attached hydrogens (tertiary/aromatic N) is 3. The average molecular weight is 500 g/mol. The molecule has 0 radical (unpaired) electrons. The van der Waals surface area contributed by atoms with Crippen LogP contribution >= 0.6 is 0 Å². The highest BCUT2D eigenvalue weighted by Crippen LogP contribution is 2.31. The number of ether oxygens (including phenoxy) is 1. The van der Waals surface area contributed by atoms with E-state index < -0.39 is 16.4 Å². The van der Waals surface area contributed by atoms with Gasteiger partial charge in [0.1, 0.15) is 30.3 Å². The molecule has 2 atom stereocenters. The van der Waals surface area contributed by atoms with E-state index in [1.807, 2.05) is 13.0 Å². The van der Waals surface area contributed by atoms with E-state index in [0.717, 1.165) is 0 Å². The molecule has 0 spiro atoms. The Bertz CT molecular complexity index is 1270. The van der Waals surface area contributed by atoms with Crippen molar-refractivity contribution in [2.24, 2.45) is 5.92 Å². The van der Waals surface area contributed by atoms with E-state index in [1.165, 1.54) is 19.7 Å². The van der Waals surface area contributed by atoms with E-state index >= 15 is 0 Å². The van der Waals surface area contributed by atoms with E-state index in [9.17, 15) is 13.2 Å². The number of rotatable bonds is 13. The highest BCUT2D eigenvalue weighted by atomic mass is 32.2. The maximum atomic E-state index is 12.7. The lowest BCUT2D eigenvalue weighted by molar-refractivity contribution is 0.103. The van der Waals surface area contributed by atoms with Crippen LogP contribution in [0, 0.1) is 12.5 Å². The molecule has 1 N–H and O–H groups in total. The van der Waals surface area contributed by atoms with Crippen molar-refractivity contribution in [2.75, 3.05) is 25.6 Å². The van der Waals surface area contributed by atoms with Gasteiger partial charge in [0.05, 0.1) is 16.4 Å². The molecule has 0 aliphatic carbocycles. The smallest absolute Gasteiger partial charge is 0.465 e. The van der Waals surface area contributed by atoms with Crippen molar-refractivity contribution in [2.45, 2.75) is 25.9 Å². The Labute approximate surface area is 204 Å². The van der Waals surface area contributed by atoms with Gasteiger partial charge in [-0.05, 0) is 18.4 Å². The van der Waals surface area contributed by atoms with Crippen LogP contribution in [0.2, 0.25) is 0 Å². The van der Waals surface area contributed by atoms with Gasteiger partial charge in [0.15, 0.2) is 5.78 Å². The van der Waals surface area contributed by atoms with Crippen molar-refractivity contribution < 1.29 is 26.5 Å². The molecule has 2 unspecified atom stereocenters. The molecule has 2 heterocycles. The number of carbonyl (C=O) groups is 1. The Kier molecular flexibility index (Phi) is 9.08. The number of carbonyl (C=O) groups excluding carboxylic acids is 1. The fraction of sp³-hybridized carbons (Fsp3) is 0.333. The Morgan fingerprint density at radius 2 is 2.03 bits per heavy atom. The van der Waals surface area contributed by atoms with Gasteiger partial charge >= 0.3 is 10.3 Å². The third-order valence-electron chi connectivity index (χ3n) is 5.44. The summed E-state index contributed by atoms with van der Waals surface area (Å²) < 4.78 is 41.5. The average Bonchev–Trinajstić information content (AvgIpc) is 3.37. The predicted molar refractivity (Wildman–Crippen MR) is 130 cm³/mol. The lowest BCUT2D eigenvalue weighted by Crippen LogP contribution is -2.17. The third kappa shape index (κ3) is 6.95. The minimum Gasteiger partial charge on any atom is -0.465 e. The molecule has 3 aromatic rings. The number of furan rings is 1. The van der Waals surface area contributed by atoms with Crippen molar-refractivity contribution in [1.29, 1.82) is 0 Å². The van der Waals surface area contributed by atoms with Crippen molar-refractivity contribution >= 4 is 21.9 Å². The van der Waals surface area contributed by atoms with Crippen LogP contribution in [-0.2, 0) is 19.2 Å². The minimum absolute atomic E-state index is 0.0246. The third-order valence-corrected chi connectivity index (χ3v) is 6.13. The van der Waals surface area contributed by atoms with Gasteiger partial charge in [-0.2, -0.15) is 0 Å². The summed E-state index contributed by atoms with van der Waals surface area (Å²) in [5, 5.41) is 3.24. The largest absolute Gasteiger partial charge is 0.629 e. The Morgan fingerprint density at radius 1 is 1.26 bits per heavy atom. The second kappa shape index (κ2) is 12.2. The first-order valence-electron chi connectivity index (χ1n) is 10.9. The molecule has 11 heteroatoms. The van der Waals surface area contributed by atoms with E-state index in [4.69, 9.17) is 19.9 Å². The standard InChI is InChI=1S/C24H27N4O6S/c1-4-17(14-34-35(30,31)25-2)10-11-27-24-20(13-26-16-28-24)23(32-3)21-12-19(15-33-21)22(29)18-8-6-5-7-9-18/h2,5-9,12-13,15-17,23H,4,10-11,14H2,1,3H3,(H,26,27,28)/q+1. The molecule has 0 saturated heterocycles. The van der Waals surface area contributed by atoms with E-state index in [1.54, 1.807) is 36.5 Å². The lowest BCUT2D eigenvalue weighted by Gasteiger charge is -2.18. The van der Waals surface area contributed by atoms with Crippen molar-refractivity contribution in [3.63, 3.8) is 0 Å². The van der Waals surface area contributed by atoms with Crippen LogP contribution in [0.4, 0.5) is 5.82 Å². The summed E-state index contributed by atoms with van der Waals surface area (Å²) >= 11 is 0. The minimum atomic E-state index is -4.07. The second-order valence-corrected chi connectivity index (χ2v) is 8.98. The number of methoxy groups -OCH3 is 1. The van der Waals surface area contributed by atoms with Gasteiger partial charge in [0.25, 0.3) is 6.57 Å². The molecule has 2 aromatic heterocycles. The van der Waals surface area contributed by atoms with Crippen molar-refractivity contribution in [3.05, 3.63) is 81.9 Å². The number of anilines is 1. The van der Waals surface area contributed by atoms with Crippen LogP contribution in [0.15, 0.2) is 59.6 Å². The monoisotopic (exact) mass is 499 g/mol. The summed E-state index contributed by atoms with van der Waals surface area (Å²) in [4.78, 5) is 21.2.